The Morgan fingerprint density at radius 2 is 1.85 bits per heavy atom. The minimum atomic E-state index is -0.0621. The standard InChI is InChI=1S/C15H12BrCl2NO/c16-11-5-1-2-7-13(11)19-14(20)9-8-10-4-3-6-12(17)15(10)18/h1-7H,8-9H2,(H,19,20). The summed E-state index contributed by atoms with van der Waals surface area (Å²) in [6.45, 7) is 0. The fourth-order valence-corrected chi connectivity index (χ4v) is 2.56. The van der Waals surface area contributed by atoms with Crippen LogP contribution >= 0.6 is 39.1 Å². The van der Waals surface area contributed by atoms with Gasteiger partial charge in [0.25, 0.3) is 0 Å². The summed E-state index contributed by atoms with van der Waals surface area (Å²) >= 11 is 15.4. The van der Waals surface area contributed by atoms with Gasteiger partial charge in [0.1, 0.15) is 0 Å². The first-order valence-electron chi connectivity index (χ1n) is 6.05. The van der Waals surface area contributed by atoms with E-state index in [1.807, 2.05) is 36.4 Å². The molecule has 0 spiro atoms. The maximum atomic E-state index is 11.9. The predicted molar refractivity (Wildman–Crippen MR) is 87.6 cm³/mol. The molecule has 1 N–H and O–H groups in total. The van der Waals surface area contributed by atoms with Crippen LogP contribution in [0.2, 0.25) is 10.0 Å². The Morgan fingerprint density at radius 3 is 2.60 bits per heavy atom. The van der Waals surface area contributed by atoms with Gasteiger partial charge in [-0.2, -0.15) is 0 Å². The van der Waals surface area contributed by atoms with Gasteiger partial charge < -0.3 is 5.32 Å². The lowest BCUT2D eigenvalue weighted by Crippen LogP contribution is -2.12. The molecule has 2 aromatic carbocycles. The van der Waals surface area contributed by atoms with Crippen molar-refractivity contribution in [3.8, 4) is 0 Å². The van der Waals surface area contributed by atoms with E-state index in [-0.39, 0.29) is 5.91 Å². The molecule has 104 valence electrons. The minimum Gasteiger partial charge on any atom is -0.325 e. The van der Waals surface area contributed by atoms with Crippen molar-refractivity contribution in [3.05, 3.63) is 62.5 Å². The van der Waals surface area contributed by atoms with Crippen molar-refractivity contribution in [2.75, 3.05) is 5.32 Å². The number of hydrogen-bond donors (Lipinski definition) is 1. The Hall–Kier alpha value is -1.03. The molecule has 0 aliphatic carbocycles. The van der Waals surface area contributed by atoms with E-state index in [4.69, 9.17) is 23.2 Å². The van der Waals surface area contributed by atoms with E-state index in [9.17, 15) is 4.79 Å². The van der Waals surface area contributed by atoms with Crippen molar-refractivity contribution < 1.29 is 4.79 Å². The molecule has 5 heteroatoms. The van der Waals surface area contributed by atoms with Crippen molar-refractivity contribution >= 4 is 50.7 Å². The normalized spacial score (nSPS) is 10.3. The van der Waals surface area contributed by atoms with Crippen LogP contribution in [0.1, 0.15) is 12.0 Å². The highest BCUT2D eigenvalue weighted by atomic mass is 79.9. The van der Waals surface area contributed by atoms with Gasteiger partial charge in [0, 0.05) is 10.9 Å². The average molecular weight is 373 g/mol. The maximum absolute atomic E-state index is 11.9. The van der Waals surface area contributed by atoms with E-state index in [1.165, 1.54) is 0 Å². The van der Waals surface area contributed by atoms with E-state index < -0.39 is 0 Å². The Labute approximate surface area is 136 Å². The van der Waals surface area contributed by atoms with Crippen LogP contribution in [-0.2, 0) is 11.2 Å². The second kappa shape index (κ2) is 7.11. The summed E-state index contributed by atoms with van der Waals surface area (Å²) in [4.78, 5) is 11.9. The molecule has 2 nitrogen and oxygen atoms in total. The summed E-state index contributed by atoms with van der Waals surface area (Å²) in [5.74, 6) is -0.0621. The van der Waals surface area contributed by atoms with Gasteiger partial charge in [-0.1, -0.05) is 47.5 Å². The van der Waals surface area contributed by atoms with Gasteiger partial charge in [-0.25, -0.2) is 0 Å². The molecule has 20 heavy (non-hydrogen) atoms. The van der Waals surface area contributed by atoms with E-state index in [1.54, 1.807) is 6.07 Å². The summed E-state index contributed by atoms with van der Waals surface area (Å²) in [6.07, 6.45) is 0.900. The van der Waals surface area contributed by atoms with Gasteiger partial charge in [-0.3, -0.25) is 4.79 Å². The van der Waals surface area contributed by atoms with Crippen molar-refractivity contribution in [1.82, 2.24) is 0 Å². The molecule has 0 aliphatic rings. The smallest absolute Gasteiger partial charge is 0.224 e. The molecule has 0 bridgehead atoms. The van der Waals surface area contributed by atoms with Crippen molar-refractivity contribution in [2.45, 2.75) is 12.8 Å². The number of aryl methyl sites for hydroxylation is 1. The Balaban J connectivity index is 1.96. The summed E-state index contributed by atoms with van der Waals surface area (Å²) in [5.41, 5.74) is 1.64. The summed E-state index contributed by atoms with van der Waals surface area (Å²) in [5, 5.41) is 3.88. The number of halogens is 3. The lowest BCUT2D eigenvalue weighted by Gasteiger charge is -2.08. The third kappa shape index (κ3) is 3.98. The number of carbonyl (C=O) groups is 1. The SMILES string of the molecule is O=C(CCc1cccc(Cl)c1Cl)Nc1ccccc1Br. The van der Waals surface area contributed by atoms with E-state index in [0.717, 1.165) is 15.7 Å². The summed E-state index contributed by atoms with van der Waals surface area (Å²) in [7, 11) is 0. The molecule has 0 heterocycles. The van der Waals surface area contributed by atoms with Crippen LogP contribution in [0.15, 0.2) is 46.9 Å². The molecule has 1 amide bonds. The molecule has 0 aliphatic heterocycles. The zero-order chi connectivity index (χ0) is 14.5. The van der Waals surface area contributed by atoms with Crippen LogP contribution in [0.4, 0.5) is 5.69 Å². The van der Waals surface area contributed by atoms with Gasteiger partial charge in [0.2, 0.25) is 5.91 Å². The van der Waals surface area contributed by atoms with Gasteiger partial charge in [-0.05, 0) is 46.1 Å². The molecule has 0 aromatic heterocycles. The molecule has 0 saturated heterocycles. The van der Waals surface area contributed by atoms with Crippen LogP contribution < -0.4 is 5.32 Å². The van der Waals surface area contributed by atoms with E-state index in [2.05, 4.69) is 21.2 Å². The quantitative estimate of drug-likeness (QED) is 0.772. The molecule has 0 radical (unpaired) electrons. The number of rotatable bonds is 4. The number of hydrogen-bond acceptors (Lipinski definition) is 1. The highest BCUT2D eigenvalue weighted by Crippen LogP contribution is 2.26. The van der Waals surface area contributed by atoms with Crippen LogP contribution in [-0.4, -0.2) is 5.91 Å². The Kier molecular flexibility index (Phi) is 5.46. The Bertz CT molecular complexity index is 631. The third-order valence-corrected chi connectivity index (χ3v) is 4.35. The fourth-order valence-electron chi connectivity index (χ4n) is 1.77. The van der Waals surface area contributed by atoms with Crippen molar-refractivity contribution in [3.63, 3.8) is 0 Å². The zero-order valence-electron chi connectivity index (χ0n) is 10.5. The van der Waals surface area contributed by atoms with Gasteiger partial charge in [0.15, 0.2) is 0 Å². The van der Waals surface area contributed by atoms with Crippen molar-refractivity contribution in [2.24, 2.45) is 0 Å². The first-order chi connectivity index (χ1) is 9.58. The number of nitrogens with one attached hydrogen (secondary N) is 1. The number of carbonyl (C=O) groups excluding carboxylic acids is 1. The monoisotopic (exact) mass is 371 g/mol. The highest BCUT2D eigenvalue weighted by molar-refractivity contribution is 9.10. The molecule has 0 fully saturated rings. The minimum absolute atomic E-state index is 0.0621. The van der Waals surface area contributed by atoms with Crippen molar-refractivity contribution in [1.29, 1.82) is 0 Å². The topological polar surface area (TPSA) is 29.1 Å². The van der Waals surface area contributed by atoms with Gasteiger partial charge in [0.05, 0.1) is 15.7 Å². The summed E-state index contributed by atoms with van der Waals surface area (Å²) < 4.78 is 0.856. The largest absolute Gasteiger partial charge is 0.325 e. The predicted octanol–water partition coefficient (Wildman–Crippen LogP) is 5.33. The molecule has 0 atom stereocenters. The van der Waals surface area contributed by atoms with Crippen LogP contribution in [0.3, 0.4) is 0 Å². The highest BCUT2D eigenvalue weighted by Gasteiger charge is 2.08. The number of amides is 1. The number of para-hydroxylation sites is 1. The second-order valence-corrected chi connectivity index (χ2v) is 5.88. The Morgan fingerprint density at radius 1 is 1.10 bits per heavy atom. The molecule has 2 aromatic rings. The number of anilines is 1. The lowest BCUT2D eigenvalue weighted by atomic mass is 10.1. The molecule has 2 rings (SSSR count). The third-order valence-electron chi connectivity index (χ3n) is 2.80. The van der Waals surface area contributed by atoms with Gasteiger partial charge in [-0.15, -0.1) is 0 Å². The van der Waals surface area contributed by atoms with E-state index >= 15 is 0 Å². The molecular formula is C15H12BrCl2NO. The van der Waals surface area contributed by atoms with Gasteiger partial charge >= 0.3 is 0 Å². The van der Waals surface area contributed by atoms with Crippen LogP contribution in [0.25, 0.3) is 0 Å². The first kappa shape index (κ1) is 15.4. The second-order valence-electron chi connectivity index (χ2n) is 4.24. The maximum Gasteiger partial charge on any atom is 0.224 e. The molecule has 0 saturated carbocycles. The van der Waals surface area contributed by atoms with Crippen LogP contribution in [0.5, 0.6) is 0 Å². The van der Waals surface area contributed by atoms with Crippen LogP contribution in [0, 0.1) is 0 Å². The molecular weight excluding hydrogens is 361 g/mol. The summed E-state index contributed by atoms with van der Waals surface area (Å²) in [6, 6.07) is 12.9. The molecule has 0 unspecified atom stereocenters. The number of benzene rings is 2. The zero-order valence-corrected chi connectivity index (χ0v) is 13.6. The first-order valence-corrected chi connectivity index (χ1v) is 7.60. The lowest BCUT2D eigenvalue weighted by molar-refractivity contribution is -0.116. The fraction of sp³-hybridized carbons (Fsp3) is 0.133. The average Bonchev–Trinajstić information content (AvgIpc) is 2.43. The van der Waals surface area contributed by atoms with E-state index in [0.29, 0.717) is 22.9 Å².